The summed E-state index contributed by atoms with van der Waals surface area (Å²) in [7, 11) is 2.96. The molecule has 3 heterocycles. The molecule has 4 rings (SSSR count). The molecule has 8 heteroatoms. The third-order valence-corrected chi connectivity index (χ3v) is 4.44. The van der Waals surface area contributed by atoms with Crippen molar-refractivity contribution in [1.82, 2.24) is 14.4 Å². The van der Waals surface area contributed by atoms with Crippen molar-refractivity contribution in [2.24, 2.45) is 0 Å². The van der Waals surface area contributed by atoms with Gasteiger partial charge in [-0.25, -0.2) is 14.4 Å². The van der Waals surface area contributed by atoms with Gasteiger partial charge in [0.2, 0.25) is 6.41 Å². The Labute approximate surface area is 173 Å². The average Bonchev–Trinajstić information content (AvgIpc) is 3.17. The number of aryl methyl sites for hydroxylation is 1. The number of nitrogen functional groups attached to an aromatic ring is 1. The van der Waals surface area contributed by atoms with Gasteiger partial charge >= 0.3 is 0 Å². The topological polar surface area (TPSA) is 85.8 Å². The average molecular weight is 407 g/mol. The van der Waals surface area contributed by atoms with Crippen LogP contribution in [0.15, 0.2) is 61.1 Å². The highest BCUT2D eigenvalue weighted by Gasteiger charge is 2.06. The second-order valence-electron chi connectivity index (χ2n) is 6.58. The maximum Gasteiger partial charge on any atom is 0.213 e. The molecule has 2 N–H and O–H groups in total. The van der Waals surface area contributed by atoms with Crippen molar-refractivity contribution < 1.29 is 13.9 Å². The number of aromatic nitrogens is 3. The summed E-state index contributed by atoms with van der Waals surface area (Å²) in [5.74, 6) is 0.218. The van der Waals surface area contributed by atoms with E-state index in [1.54, 1.807) is 19.3 Å². The molecule has 4 aromatic rings. The lowest BCUT2D eigenvalue weighted by molar-refractivity contribution is -0.107. The van der Waals surface area contributed by atoms with Crippen LogP contribution in [0.3, 0.4) is 0 Å². The first-order chi connectivity index (χ1) is 14.4. The second kappa shape index (κ2) is 9.04. The number of rotatable bonds is 4. The SMILES string of the molecule is COc1cc(N(C)C=O)ccc1F.Cc1ccc2ncc(-c3ccc(N)nc3)n2c1. The monoisotopic (exact) mass is 407 g/mol. The van der Waals surface area contributed by atoms with E-state index >= 15 is 0 Å². The van der Waals surface area contributed by atoms with E-state index in [2.05, 4.69) is 27.5 Å². The summed E-state index contributed by atoms with van der Waals surface area (Å²) in [6.07, 6.45) is 6.32. The van der Waals surface area contributed by atoms with E-state index in [9.17, 15) is 9.18 Å². The van der Waals surface area contributed by atoms with Crippen molar-refractivity contribution in [3.63, 3.8) is 0 Å². The van der Waals surface area contributed by atoms with Crippen LogP contribution in [0.1, 0.15) is 5.56 Å². The summed E-state index contributed by atoms with van der Waals surface area (Å²) in [4.78, 5) is 20.2. The van der Waals surface area contributed by atoms with Crippen LogP contribution in [0.5, 0.6) is 5.75 Å². The molecular weight excluding hydrogens is 385 g/mol. The van der Waals surface area contributed by atoms with Crippen LogP contribution in [-0.4, -0.2) is 34.9 Å². The second-order valence-corrected chi connectivity index (χ2v) is 6.58. The third-order valence-electron chi connectivity index (χ3n) is 4.44. The van der Waals surface area contributed by atoms with E-state index in [1.165, 1.54) is 35.8 Å². The summed E-state index contributed by atoms with van der Waals surface area (Å²) in [5, 5.41) is 0. The van der Waals surface area contributed by atoms with Gasteiger partial charge in [-0.1, -0.05) is 6.07 Å². The number of pyridine rings is 2. The summed E-state index contributed by atoms with van der Waals surface area (Å²) >= 11 is 0. The van der Waals surface area contributed by atoms with Crippen LogP contribution in [0.4, 0.5) is 15.9 Å². The van der Waals surface area contributed by atoms with E-state index in [1.807, 2.05) is 24.4 Å². The van der Waals surface area contributed by atoms with Crippen molar-refractivity contribution in [1.29, 1.82) is 0 Å². The number of methoxy groups -OCH3 is 1. The van der Waals surface area contributed by atoms with Gasteiger partial charge in [0.15, 0.2) is 11.6 Å². The molecular formula is C22H22FN5O2. The highest BCUT2D eigenvalue weighted by atomic mass is 19.1. The Balaban J connectivity index is 0.000000178. The van der Waals surface area contributed by atoms with E-state index in [0.717, 1.165) is 16.9 Å². The fourth-order valence-electron chi connectivity index (χ4n) is 2.79. The lowest BCUT2D eigenvalue weighted by atomic mass is 10.2. The number of nitrogens with zero attached hydrogens (tertiary/aromatic N) is 4. The predicted octanol–water partition coefficient (Wildman–Crippen LogP) is 3.71. The fourth-order valence-corrected chi connectivity index (χ4v) is 2.79. The minimum absolute atomic E-state index is 0.131. The molecule has 0 atom stereocenters. The molecule has 3 aromatic heterocycles. The van der Waals surface area contributed by atoms with Crippen molar-refractivity contribution in [3.05, 3.63) is 72.4 Å². The van der Waals surface area contributed by atoms with Crippen LogP contribution < -0.4 is 15.4 Å². The number of nitrogens with two attached hydrogens (primary N) is 1. The van der Waals surface area contributed by atoms with Crippen LogP contribution in [-0.2, 0) is 4.79 Å². The van der Waals surface area contributed by atoms with Gasteiger partial charge in [0.1, 0.15) is 11.5 Å². The van der Waals surface area contributed by atoms with Gasteiger partial charge in [-0.05, 0) is 42.8 Å². The molecule has 0 saturated heterocycles. The maximum absolute atomic E-state index is 12.9. The summed E-state index contributed by atoms with van der Waals surface area (Å²) in [6, 6.07) is 12.0. The van der Waals surface area contributed by atoms with Gasteiger partial charge in [0, 0.05) is 36.8 Å². The van der Waals surface area contributed by atoms with Gasteiger partial charge in [-0.2, -0.15) is 0 Å². The number of fused-ring (bicyclic) bond motifs is 1. The molecule has 0 aliphatic heterocycles. The number of hydrogen-bond acceptors (Lipinski definition) is 5. The number of halogens is 1. The van der Waals surface area contributed by atoms with Crippen LogP contribution in [0.2, 0.25) is 0 Å². The standard InChI is InChI=1S/C13H12N4.C9H10FNO2/c1-9-2-5-13-16-7-11(17(13)8-9)10-3-4-12(14)15-6-10;1-11(6-12)7-3-4-8(10)9(5-7)13-2/h2-8H,1H3,(H2,14,15);3-6H,1-2H3. The quantitative estimate of drug-likeness (QED) is 0.521. The normalized spacial score (nSPS) is 10.3. The molecule has 1 aromatic carbocycles. The zero-order chi connectivity index (χ0) is 21.7. The lowest BCUT2D eigenvalue weighted by Gasteiger charge is -2.11. The van der Waals surface area contributed by atoms with Crippen LogP contribution in [0, 0.1) is 12.7 Å². The van der Waals surface area contributed by atoms with Gasteiger partial charge in [0.25, 0.3) is 0 Å². The molecule has 154 valence electrons. The summed E-state index contributed by atoms with van der Waals surface area (Å²) in [5.41, 5.74) is 10.3. The molecule has 0 aliphatic rings. The number of hydrogen-bond donors (Lipinski definition) is 1. The summed E-state index contributed by atoms with van der Waals surface area (Å²) in [6.45, 7) is 2.06. The minimum atomic E-state index is -0.439. The van der Waals surface area contributed by atoms with Crippen LogP contribution in [0.25, 0.3) is 16.9 Å². The Kier molecular flexibility index (Phi) is 6.26. The maximum atomic E-state index is 12.9. The highest BCUT2D eigenvalue weighted by Crippen LogP contribution is 2.23. The number of carbonyl (C=O) groups excluding carboxylic acids is 1. The number of anilines is 2. The van der Waals surface area contributed by atoms with E-state index in [0.29, 0.717) is 17.9 Å². The Morgan fingerprint density at radius 1 is 1.13 bits per heavy atom. The third kappa shape index (κ3) is 4.54. The number of ether oxygens (including phenoxy) is 1. The van der Waals surface area contributed by atoms with E-state index < -0.39 is 5.82 Å². The van der Waals surface area contributed by atoms with E-state index in [-0.39, 0.29) is 5.75 Å². The van der Waals surface area contributed by atoms with E-state index in [4.69, 9.17) is 10.5 Å². The molecule has 0 bridgehead atoms. The zero-order valence-corrected chi connectivity index (χ0v) is 16.9. The van der Waals surface area contributed by atoms with Crippen molar-refractivity contribution in [2.45, 2.75) is 6.92 Å². The van der Waals surface area contributed by atoms with Gasteiger partial charge in [-0.15, -0.1) is 0 Å². The molecule has 1 amide bonds. The van der Waals surface area contributed by atoms with Crippen molar-refractivity contribution in [3.8, 4) is 17.0 Å². The number of carbonyl (C=O) groups is 1. The number of imidazole rings is 1. The molecule has 0 unspecified atom stereocenters. The first-order valence-corrected chi connectivity index (χ1v) is 9.10. The minimum Gasteiger partial charge on any atom is -0.494 e. The molecule has 30 heavy (non-hydrogen) atoms. The smallest absolute Gasteiger partial charge is 0.213 e. The predicted molar refractivity (Wildman–Crippen MR) is 115 cm³/mol. The van der Waals surface area contributed by atoms with Gasteiger partial charge < -0.3 is 15.4 Å². The lowest BCUT2D eigenvalue weighted by Crippen LogP contribution is -2.13. The number of amides is 1. The Hall–Kier alpha value is -3.94. The highest BCUT2D eigenvalue weighted by molar-refractivity contribution is 5.74. The number of benzene rings is 1. The fraction of sp³-hybridized carbons (Fsp3) is 0.136. The molecule has 0 saturated carbocycles. The van der Waals surface area contributed by atoms with Gasteiger partial charge in [-0.3, -0.25) is 9.20 Å². The molecule has 0 fully saturated rings. The largest absolute Gasteiger partial charge is 0.494 e. The Morgan fingerprint density at radius 3 is 2.60 bits per heavy atom. The Morgan fingerprint density at radius 2 is 1.93 bits per heavy atom. The van der Waals surface area contributed by atoms with Crippen molar-refractivity contribution in [2.75, 3.05) is 24.8 Å². The van der Waals surface area contributed by atoms with Gasteiger partial charge in [0.05, 0.1) is 19.0 Å². The van der Waals surface area contributed by atoms with Crippen molar-refractivity contribution >= 4 is 23.6 Å². The summed E-state index contributed by atoms with van der Waals surface area (Å²) < 4.78 is 19.7. The first-order valence-electron chi connectivity index (χ1n) is 9.10. The van der Waals surface area contributed by atoms with Crippen LogP contribution >= 0.6 is 0 Å². The zero-order valence-electron chi connectivity index (χ0n) is 16.9. The molecule has 0 radical (unpaired) electrons. The molecule has 0 spiro atoms. The molecule has 0 aliphatic carbocycles. The molecule has 7 nitrogen and oxygen atoms in total. The first kappa shape index (κ1) is 20.8. The Bertz CT molecular complexity index is 1160.